The van der Waals surface area contributed by atoms with E-state index in [0.29, 0.717) is 11.6 Å². The summed E-state index contributed by atoms with van der Waals surface area (Å²) in [6.45, 7) is 6.17. The molecule has 0 spiro atoms. The van der Waals surface area contributed by atoms with Crippen LogP contribution in [0.5, 0.6) is 0 Å². The van der Waals surface area contributed by atoms with Crippen molar-refractivity contribution in [3.8, 4) is 0 Å². The van der Waals surface area contributed by atoms with Crippen LogP contribution in [0.25, 0.3) is 0 Å². The number of carboxylic acid groups (broad SMARTS) is 1. The summed E-state index contributed by atoms with van der Waals surface area (Å²) < 4.78 is 0. The third kappa shape index (κ3) is 2.89. The Morgan fingerprint density at radius 1 is 1.29 bits per heavy atom. The molecule has 114 valence electrons. The summed E-state index contributed by atoms with van der Waals surface area (Å²) in [7, 11) is 0. The van der Waals surface area contributed by atoms with Crippen LogP contribution in [0.3, 0.4) is 0 Å². The van der Waals surface area contributed by atoms with Crippen LogP contribution in [0.4, 0.5) is 5.82 Å². The molecule has 0 aromatic carbocycles. The van der Waals surface area contributed by atoms with E-state index in [1.54, 1.807) is 12.1 Å². The number of carboxylic acids is 1. The van der Waals surface area contributed by atoms with Crippen molar-refractivity contribution >= 4 is 11.8 Å². The van der Waals surface area contributed by atoms with Crippen LogP contribution in [0.15, 0.2) is 12.1 Å². The van der Waals surface area contributed by atoms with Gasteiger partial charge < -0.3 is 10.4 Å². The zero-order valence-electron chi connectivity index (χ0n) is 13.0. The van der Waals surface area contributed by atoms with E-state index < -0.39 is 5.97 Å². The lowest BCUT2D eigenvalue weighted by molar-refractivity contribution is 0.0696. The molecule has 2 bridgehead atoms. The third-order valence-corrected chi connectivity index (χ3v) is 4.91. The second-order valence-electron chi connectivity index (χ2n) is 7.61. The van der Waals surface area contributed by atoms with Gasteiger partial charge in [0.1, 0.15) is 5.82 Å². The fraction of sp³-hybridized carbons (Fsp3) is 0.647. The predicted molar refractivity (Wildman–Crippen MR) is 82.8 cm³/mol. The lowest BCUT2D eigenvalue weighted by Gasteiger charge is -2.25. The van der Waals surface area contributed by atoms with Gasteiger partial charge in [-0.15, -0.1) is 0 Å². The molecule has 1 heterocycles. The van der Waals surface area contributed by atoms with Gasteiger partial charge in [-0.1, -0.05) is 27.2 Å². The van der Waals surface area contributed by atoms with Crippen LogP contribution in [0.1, 0.15) is 62.5 Å². The highest BCUT2D eigenvalue weighted by Gasteiger charge is 2.39. The zero-order chi connectivity index (χ0) is 15.2. The number of fused-ring (bicyclic) bond motifs is 2. The third-order valence-electron chi connectivity index (χ3n) is 4.91. The summed E-state index contributed by atoms with van der Waals surface area (Å²) in [5.41, 5.74) is 0.991. The van der Waals surface area contributed by atoms with Gasteiger partial charge in [-0.05, 0) is 43.2 Å². The summed E-state index contributed by atoms with van der Waals surface area (Å²) in [6.07, 6.45) is 5.18. The summed E-state index contributed by atoms with van der Waals surface area (Å²) in [6, 6.07) is 3.82. The second kappa shape index (κ2) is 5.00. The number of aromatic nitrogens is 1. The molecular weight excluding hydrogens is 264 g/mol. The van der Waals surface area contributed by atoms with Crippen molar-refractivity contribution in [2.45, 2.75) is 57.9 Å². The number of rotatable bonds is 3. The van der Waals surface area contributed by atoms with Gasteiger partial charge in [-0.3, -0.25) is 0 Å². The molecule has 0 saturated heterocycles. The molecule has 3 unspecified atom stereocenters. The van der Waals surface area contributed by atoms with E-state index in [0.717, 1.165) is 23.3 Å². The number of hydrogen-bond acceptors (Lipinski definition) is 3. The molecule has 4 nitrogen and oxygen atoms in total. The Bertz CT molecular complexity index is 562. The highest BCUT2D eigenvalue weighted by molar-refractivity contribution is 5.88. The molecule has 4 heteroatoms. The van der Waals surface area contributed by atoms with Crippen LogP contribution in [-0.4, -0.2) is 22.1 Å². The maximum Gasteiger partial charge on any atom is 0.335 e. The first kappa shape index (κ1) is 14.4. The number of carbonyl (C=O) groups is 1. The van der Waals surface area contributed by atoms with Gasteiger partial charge >= 0.3 is 5.97 Å². The van der Waals surface area contributed by atoms with Gasteiger partial charge in [0.15, 0.2) is 0 Å². The van der Waals surface area contributed by atoms with Crippen LogP contribution in [0.2, 0.25) is 0 Å². The first-order chi connectivity index (χ1) is 9.83. The van der Waals surface area contributed by atoms with Crippen molar-refractivity contribution < 1.29 is 9.90 Å². The van der Waals surface area contributed by atoms with Gasteiger partial charge in [0.05, 0.1) is 5.56 Å². The molecule has 21 heavy (non-hydrogen) atoms. The van der Waals surface area contributed by atoms with Crippen molar-refractivity contribution in [3.63, 3.8) is 0 Å². The minimum absolute atomic E-state index is 0.156. The van der Waals surface area contributed by atoms with Gasteiger partial charge in [0.2, 0.25) is 0 Å². The Morgan fingerprint density at radius 3 is 2.57 bits per heavy atom. The monoisotopic (exact) mass is 288 g/mol. The molecule has 0 amide bonds. The maximum atomic E-state index is 11.3. The van der Waals surface area contributed by atoms with E-state index in [9.17, 15) is 9.90 Å². The zero-order valence-corrected chi connectivity index (χ0v) is 13.0. The van der Waals surface area contributed by atoms with E-state index in [-0.39, 0.29) is 5.41 Å². The molecule has 2 aliphatic carbocycles. The average Bonchev–Trinajstić information content (AvgIpc) is 2.99. The van der Waals surface area contributed by atoms with Crippen LogP contribution >= 0.6 is 0 Å². The molecular formula is C17H24N2O2. The van der Waals surface area contributed by atoms with Crippen LogP contribution in [0, 0.1) is 11.8 Å². The molecule has 1 aromatic heterocycles. The lowest BCUT2D eigenvalue weighted by Crippen LogP contribution is -2.27. The second-order valence-corrected chi connectivity index (χ2v) is 7.61. The lowest BCUT2D eigenvalue weighted by atomic mass is 9.90. The van der Waals surface area contributed by atoms with Gasteiger partial charge in [-0.2, -0.15) is 0 Å². The number of hydrogen-bond donors (Lipinski definition) is 2. The average molecular weight is 288 g/mol. The van der Waals surface area contributed by atoms with Crippen molar-refractivity contribution in [2.24, 2.45) is 11.8 Å². The first-order valence-electron chi connectivity index (χ1n) is 7.85. The fourth-order valence-corrected chi connectivity index (χ4v) is 3.72. The smallest absolute Gasteiger partial charge is 0.335 e. The van der Waals surface area contributed by atoms with Crippen molar-refractivity contribution in [3.05, 3.63) is 23.4 Å². The quantitative estimate of drug-likeness (QED) is 0.890. The Balaban J connectivity index is 1.87. The van der Waals surface area contributed by atoms with Crippen molar-refractivity contribution in [1.82, 2.24) is 4.98 Å². The number of anilines is 1. The van der Waals surface area contributed by atoms with E-state index in [1.807, 2.05) is 0 Å². The highest BCUT2D eigenvalue weighted by atomic mass is 16.4. The molecule has 2 N–H and O–H groups in total. The predicted octanol–water partition coefficient (Wildman–Crippen LogP) is 3.68. The molecule has 1 aromatic rings. The molecule has 2 aliphatic rings. The minimum Gasteiger partial charge on any atom is -0.478 e. The van der Waals surface area contributed by atoms with Crippen molar-refractivity contribution in [2.75, 3.05) is 5.32 Å². The molecule has 3 atom stereocenters. The molecule has 2 fully saturated rings. The number of nitrogens with one attached hydrogen (secondary N) is 1. The normalized spacial score (nSPS) is 27.9. The van der Waals surface area contributed by atoms with E-state index in [4.69, 9.17) is 0 Å². The summed E-state index contributed by atoms with van der Waals surface area (Å²) >= 11 is 0. The van der Waals surface area contributed by atoms with Gasteiger partial charge in [-0.25, -0.2) is 9.78 Å². The van der Waals surface area contributed by atoms with Crippen LogP contribution < -0.4 is 5.32 Å². The molecule has 2 saturated carbocycles. The van der Waals surface area contributed by atoms with Gasteiger partial charge in [0.25, 0.3) is 0 Å². The van der Waals surface area contributed by atoms with E-state index >= 15 is 0 Å². The number of aromatic carboxylic acids is 1. The largest absolute Gasteiger partial charge is 0.478 e. The summed E-state index contributed by atoms with van der Waals surface area (Å²) in [5.74, 6) is 1.43. The van der Waals surface area contributed by atoms with Crippen molar-refractivity contribution in [1.29, 1.82) is 0 Å². The molecule has 3 rings (SSSR count). The molecule has 0 radical (unpaired) electrons. The summed E-state index contributed by atoms with van der Waals surface area (Å²) in [4.78, 5) is 16.0. The Kier molecular flexibility index (Phi) is 3.42. The topological polar surface area (TPSA) is 62.2 Å². The minimum atomic E-state index is -0.890. The van der Waals surface area contributed by atoms with Crippen LogP contribution in [-0.2, 0) is 5.41 Å². The van der Waals surface area contributed by atoms with E-state index in [1.165, 1.54) is 25.7 Å². The Labute approximate surface area is 126 Å². The summed E-state index contributed by atoms with van der Waals surface area (Å²) in [5, 5.41) is 12.8. The maximum absolute atomic E-state index is 11.3. The van der Waals surface area contributed by atoms with E-state index in [2.05, 4.69) is 31.1 Å². The Morgan fingerprint density at radius 2 is 2.05 bits per heavy atom. The van der Waals surface area contributed by atoms with Gasteiger partial charge in [0, 0.05) is 17.2 Å². The first-order valence-corrected chi connectivity index (χ1v) is 7.85. The SMILES string of the molecule is CC(C)(C)c1cc(C(=O)O)cc(NC2CC3CCC2C3)n1. The molecule has 0 aliphatic heterocycles. The number of nitrogens with zero attached hydrogens (tertiary/aromatic N) is 1. The highest BCUT2D eigenvalue weighted by Crippen LogP contribution is 2.45. The standard InChI is InChI=1S/C17H24N2O2/c1-17(2,3)14-8-12(16(20)21)9-15(19-14)18-13-7-10-4-5-11(13)6-10/h8-11,13H,4-7H2,1-3H3,(H,18,19)(H,20,21). The Hall–Kier alpha value is -1.58. The number of pyridine rings is 1. The fourth-order valence-electron chi connectivity index (χ4n) is 3.72.